The van der Waals surface area contributed by atoms with E-state index in [-0.39, 0.29) is 22.7 Å². The molecular weight excluding hydrogens is 488 g/mol. The molecule has 0 N–H and O–H groups in total. The number of hydrogen-bond acceptors (Lipinski definition) is 2. The summed E-state index contributed by atoms with van der Waals surface area (Å²) in [7, 11) is 3.66. The number of benzene rings is 4. The van der Waals surface area contributed by atoms with Gasteiger partial charge in [-0.05, 0) is 83.7 Å². The molecule has 0 bridgehead atoms. The average Bonchev–Trinajstić information content (AvgIpc) is 3.47. The quantitative estimate of drug-likeness (QED) is 0.247. The van der Waals surface area contributed by atoms with Crippen LogP contribution in [0.5, 0.6) is 0 Å². The summed E-state index contributed by atoms with van der Waals surface area (Å²) in [5, 5.41) is 2.73. The third-order valence-electron chi connectivity index (χ3n) is 11.5. The Labute approximate surface area is 238 Å². The van der Waals surface area contributed by atoms with Gasteiger partial charge in [-0.2, -0.15) is 0 Å². The van der Waals surface area contributed by atoms with E-state index in [2.05, 4.69) is 108 Å². The second kappa shape index (κ2) is 7.66. The van der Waals surface area contributed by atoms with Gasteiger partial charge in [0.1, 0.15) is 0 Å². The molecule has 4 aliphatic rings. The van der Waals surface area contributed by atoms with Gasteiger partial charge in [0.05, 0.1) is 11.8 Å². The topological polar surface area (TPSA) is 18.5 Å². The lowest BCUT2D eigenvalue weighted by Gasteiger charge is -2.33. The van der Waals surface area contributed by atoms with Crippen LogP contribution in [0, 0.1) is 0 Å². The highest BCUT2D eigenvalue weighted by atomic mass is 16.7. The minimum atomic E-state index is -0.627. The molecule has 8 rings (SSSR count). The van der Waals surface area contributed by atoms with Crippen LogP contribution in [0.4, 0.5) is 0 Å². The van der Waals surface area contributed by atoms with Crippen molar-refractivity contribution in [1.82, 2.24) is 0 Å². The van der Waals surface area contributed by atoms with Crippen LogP contribution in [0.15, 0.2) is 66.7 Å². The normalized spacial score (nSPS) is 27.0. The highest BCUT2D eigenvalue weighted by molar-refractivity contribution is 5.99. The molecular formula is C38H40O2. The summed E-state index contributed by atoms with van der Waals surface area (Å²) in [4.78, 5) is 0. The predicted molar refractivity (Wildman–Crippen MR) is 164 cm³/mol. The Morgan fingerprint density at radius 2 is 1.27 bits per heavy atom. The monoisotopic (exact) mass is 528 g/mol. The first-order chi connectivity index (χ1) is 19.1. The maximum atomic E-state index is 6.30. The molecule has 0 radical (unpaired) electrons. The van der Waals surface area contributed by atoms with Crippen molar-refractivity contribution in [2.45, 2.75) is 87.7 Å². The van der Waals surface area contributed by atoms with E-state index in [0.29, 0.717) is 17.8 Å². The van der Waals surface area contributed by atoms with Crippen LogP contribution in [-0.2, 0) is 20.3 Å². The molecule has 4 atom stereocenters. The Hall–Kier alpha value is -2.94. The Balaban J connectivity index is 1.52. The zero-order chi connectivity index (χ0) is 27.9. The maximum absolute atomic E-state index is 6.30. The van der Waals surface area contributed by atoms with Crippen LogP contribution in [-0.4, -0.2) is 20.0 Å². The smallest absolute Gasteiger partial charge is 0.182 e. The van der Waals surface area contributed by atoms with E-state index in [1.165, 1.54) is 55.3 Å². The van der Waals surface area contributed by atoms with E-state index in [9.17, 15) is 0 Å². The minimum absolute atomic E-state index is 0.0385. The van der Waals surface area contributed by atoms with Crippen LogP contribution in [0.2, 0.25) is 0 Å². The lowest BCUT2D eigenvalue weighted by Crippen LogP contribution is -2.25. The summed E-state index contributed by atoms with van der Waals surface area (Å²) >= 11 is 0. The Kier molecular flexibility index (Phi) is 4.75. The van der Waals surface area contributed by atoms with Crippen molar-refractivity contribution in [2.24, 2.45) is 0 Å². The van der Waals surface area contributed by atoms with Crippen LogP contribution in [0.1, 0.15) is 110 Å². The second-order valence-corrected chi connectivity index (χ2v) is 14.2. The van der Waals surface area contributed by atoms with E-state index in [4.69, 9.17) is 9.47 Å². The molecule has 4 unspecified atom stereocenters. The molecule has 0 heterocycles. The Morgan fingerprint density at radius 1 is 0.625 bits per heavy atom. The van der Waals surface area contributed by atoms with Gasteiger partial charge in [0, 0.05) is 26.1 Å². The first-order valence-corrected chi connectivity index (χ1v) is 15.0. The molecule has 0 amide bonds. The van der Waals surface area contributed by atoms with Crippen molar-refractivity contribution in [3.05, 3.63) is 106 Å². The van der Waals surface area contributed by atoms with Crippen LogP contribution in [0.25, 0.3) is 21.9 Å². The number of rotatable bonds is 3. The molecule has 4 aromatic rings. The van der Waals surface area contributed by atoms with Gasteiger partial charge in [0.2, 0.25) is 0 Å². The summed E-state index contributed by atoms with van der Waals surface area (Å²) in [6.45, 7) is 14.6. The lowest BCUT2D eigenvalue weighted by molar-refractivity contribution is -0.136. The Morgan fingerprint density at radius 3 is 1.98 bits per heavy atom. The molecule has 4 aliphatic carbocycles. The summed E-state index contributed by atoms with van der Waals surface area (Å²) in [5.41, 5.74) is 13.4. The average molecular weight is 529 g/mol. The van der Waals surface area contributed by atoms with Crippen LogP contribution >= 0.6 is 0 Å². The lowest BCUT2D eigenvalue weighted by atomic mass is 9.70. The first-order valence-electron chi connectivity index (χ1n) is 15.0. The zero-order valence-corrected chi connectivity index (χ0v) is 25.1. The van der Waals surface area contributed by atoms with Crippen molar-refractivity contribution in [1.29, 1.82) is 0 Å². The standard InChI is InChI=1S/C38H40O2/c1-20(2)25-19-26-29-24(33-35(38(33,39-7)40-8)30(26)22-14-10-9-13-21(22)25)17-18-28-31(29)34-32(37(28,5)6)23-15-11-12-16-27(23)36(34,3)4/h9-20,32-35H,1-8H3. The molecule has 1 fully saturated rings. The van der Waals surface area contributed by atoms with Crippen molar-refractivity contribution in [3.8, 4) is 11.1 Å². The van der Waals surface area contributed by atoms with E-state index < -0.39 is 5.79 Å². The largest absolute Gasteiger partial charge is 0.352 e. The molecule has 0 aromatic heterocycles. The van der Waals surface area contributed by atoms with Crippen molar-refractivity contribution in [3.63, 3.8) is 0 Å². The van der Waals surface area contributed by atoms with E-state index in [0.717, 1.165) is 0 Å². The molecule has 4 aromatic carbocycles. The van der Waals surface area contributed by atoms with E-state index in [1.54, 1.807) is 5.56 Å². The molecule has 204 valence electrons. The first kappa shape index (κ1) is 24.8. The molecule has 0 aliphatic heterocycles. The van der Waals surface area contributed by atoms with Crippen LogP contribution in [0.3, 0.4) is 0 Å². The van der Waals surface area contributed by atoms with E-state index >= 15 is 0 Å². The SMILES string of the molecule is COC1(OC)C2c3ccc4c(c3-c3cc(C(C)C)c5ccccc5c3C21)C1C(c2ccccc2C1(C)C)C4(C)C. The molecule has 2 nitrogen and oxygen atoms in total. The number of hydrogen-bond donors (Lipinski definition) is 0. The maximum Gasteiger partial charge on any atom is 0.182 e. The van der Waals surface area contributed by atoms with Crippen molar-refractivity contribution >= 4 is 10.8 Å². The van der Waals surface area contributed by atoms with E-state index in [1.807, 2.05) is 14.2 Å². The van der Waals surface area contributed by atoms with Gasteiger partial charge in [-0.15, -0.1) is 0 Å². The minimum Gasteiger partial charge on any atom is -0.352 e. The zero-order valence-electron chi connectivity index (χ0n) is 25.1. The number of methoxy groups -OCH3 is 2. The van der Waals surface area contributed by atoms with Crippen molar-refractivity contribution < 1.29 is 9.47 Å². The van der Waals surface area contributed by atoms with Gasteiger partial charge >= 0.3 is 0 Å². The van der Waals surface area contributed by atoms with Gasteiger partial charge in [-0.3, -0.25) is 0 Å². The van der Waals surface area contributed by atoms with Gasteiger partial charge in [0.25, 0.3) is 0 Å². The summed E-state index contributed by atoms with van der Waals surface area (Å²) in [6, 6.07) is 25.7. The van der Waals surface area contributed by atoms with Crippen molar-refractivity contribution in [2.75, 3.05) is 14.2 Å². The highest BCUT2D eigenvalue weighted by Gasteiger charge is 2.72. The summed E-state index contributed by atoms with van der Waals surface area (Å²) < 4.78 is 12.6. The summed E-state index contributed by atoms with van der Waals surface area (Å²) in [5.74, 6) is 1.06. The van der Waals surface area contributed by atoms with Gasteiger partial charge < -0.3 is 9.47 Å². The Bertz CT molecular complexity index is 1730. The third kappa shape index (κ3) is 2.64. The molecule has 2 heteroatoms. The fourth-order valence-electron chi connectivity index (χ4n) is 9.84. The number of ether oxygens (including phenoxy) is 2. The summed E-state index contributed by atoms with van der Waals surface area (Å²) in [6.07, 6.45) is 0. The fourth-order valence-corrected chi connectivity index (χ4v) is 9.84. The highest BCUT2D eigenvalue weighted by Crippen LogP contribution is 2.75. The predicted octanol–water partition coefficient (Wildman–Crippen LogP) is 9.26. The third-order valence-corrected chi connectivity index (χ3v) is 11.5. The fraction of sp³-hybridized carbons (Fsp3) is 0.421. The molecule has 0 spiro atoms. The van der Waals surface area contributed by atoms with Gasteiger partial charge in [-0.1, -0.05) is 102 Å². The van der Waals surface area contributed by atoms with Crippen LogP contribution < -0.4 is 0 Å². The molecule has 1 saturated carbocycles. The molecule has 40 heavy (non-hydrogen) atoms. The molecule has 0 saturated heterocycles. The van der Waals surface area contributed by atoms with Gasteiger partial charge in [-0.25, -0.2) is 0 Å². The second-order valence-electron chi connectivity index (χ2n) is 14.2. The number of fused-ring (bicyclic) bond motifs is 14. The van der Waals surface area contributed by atoms with Gasteiger partial charge in [0.15, 0.2) is 5.79 Å².